The van der Waals surface area contributed by atoms with Crippen molar-refractivity contribution in [3.63, 3.8) is 0 Å². The van der Waals surface area contributed by atoms with E-state index in [4.69, 9.17) is 0 Å². The second kappa shape index (κ2) is 8.71. The number of aryl methyl sites for hydroxylation is 1. The molecule has 0 fully saturated rings. The number of aromatic nitrogens is 3. The lowest BCUT2D eigenvalue weighted by atomic mass is 9.97. The Morgan fingerprint density at radius 2 is 2.04 bits per heavy atom. The number of nitrogens with one attached hydrogen (secondary N) is 1. The highest BCUT2D eigenvalue weighted by Crippen LogP contribution is 2.29. The molecule has 1 aromatic heterocycles. The Labute approximate surface area is 160 Å². The van der Waals surface area contributed by atoms with Crippen LogP contribution in [-0.4, -0.2) is 25.9 Å². The standard InChI is InChI=1S/C20H28N4OS/c1-4-14(2)16-10-7-8-11-17(16)21-19(25)15(3)26-20-23-22-18-12-6-5-9-13-24(18)20/h7-8,10-11,14-15H,4-6,9,12-13H2,1-3H3,(H,21,25)/t14-,15-/m0/s1. The lowest BCUT2D eigenvalue weighted by Gasteiger charge is -2.17. The molecule has 0 radical (unpaired) electrons. The van der Waals surface area contributed by atoms with Gasteiger partial charge in [-0.25, -0.2) is 0 Å². The van der Waals surface area contributed by atoms with Gasteiger partial charge < -0.3 is 9.88 Å². The van der Waals surface area contributed by atoms with Crippen molar-refractivity contribution in [3.8, 4) is 0 Å². The third-order valence-electron chi connectivity index (χ3n) is 5.09. The Bertz CT molecular complexity index is 758. The van der Waals surface area contributed by atoms with Crippen molar-refractivity contribution in [2.24, 2.45) is 0 Å². The van der Waals surface area contributed by atoms with Gasteiger partial charge >= 0.3 is 0 Å². The predicted molar refractivity (Wildman–Crippen MR) is 107 cm³/mol. The summed E-state index contributed by atoms with van der Waals surface area (Å²) in [4.78, 5) is 12.7. The molecule has 1 aromatic carbocycles. The summed E-state index contributed by atoms with van der Waals surface area (Å²) < 4.78 is 2.19. The van der Waals surface area contributed by atoms with Crippen LogP contribution in [-0.2, 0) is 17.8 Å². The van der Waals surface area contributed by atoms with Crippen molar-refractivity contribution >= 4 is 23.4 Å². The summed E-state index contributed by atoms with van der Waals surface area (Å²) in [5, 5.41) is 12.4. The fraction of sp³-hybridized carbons (Fsp3) is 0.550. The molecule has 1 N–H and O–H groups in total. The van der Waals surface area contributed by atoms with E-state index in [9.17, 15) is 4.79 Å². The van der Waals surface area contributed by atoms with Gasteiger partial charge in [-0.05, 0) is 43.7 Å². The molecule has 3 rings (SSSR count). The number of anilines is 1. The van der Waals surface area contributed by atoms with Crippen LogP contribution in [0.5, 0.6) is 0 Å². The summed E-state index contributed by atoms with van der Waals surface area (Å²) >= 11 is 1.50. The molecule has 2 aromatic rings. The third-order valence-corrected chi connectivity index (χ3v) is 6.17. The van der Waals surface area contributed by atoms with E-state index in [0.29, 0.717) is 5.92 Å². The number of hydrogen-bond acceptors (Lipinski definition) is 4. The number of carbonyl (C=O) groups excluding carboxylic acids is 1. The number of benzene rings is 1. The van der Waals surface area contributed by atoms with Crippen LogP contribution in [0.15, 0.2) is 29.4 Å². The zero-order valence-electron chi connectivity index (χ0n) is 15.9. The molecule has 0 spiro atoms. The largest absolute Gasteiger partial charge is 0.325 e. The van der Waals surface area contributed by atoms with Crippen molar-refractivity contribution in [1.82, 2.24) is 14.8 Å². The first-order chi connectivity index (χ1) is 12.6. The van der Waals surface area contributed by atoms with E-state index in [2.05, 4.69) is 40.0 Å². The fourth-order valence-corrected chi connectivity index (χ4v) is 4.15. The van der Waals surface area contributed by atoms with Crippen LogP contribution >= 0.6 is 11.8 Å². The number of para-hydroxylation sites is 1. The molecule has 0 aliphatic carbocycles. The van der Waals surface area contributed by atoms with E-state index in [-0.39, 0.29) is 11.2 Å². The van der Waals surface area contributed by atoms with Crippen LogP contribution in [0.4, 0.5) is 5.69 Å². The van der Waals surface area contributed by atoms with E-state index < -0.39 is 0 Å². The van der Waals surface area contributed by atoms with Gasteiger partial charge in [0.15, 0.2) is 5.16 Å². The molecule has 2 atom stereocenters. The highest BCUT2D eigenvalue weighted by atomic mass is 32.2. The smallest absolute Gasteiger partial charge is 0.237 e. The molecule has 6 heteroatoms. The van der Waals surface area contributed by atoms with Crippen LogP contribution in [0.2, 0.25) is 0 Å². The van der Waals surface area contributed by atoms with Crippen molar-refractivity contribution < 1.29 is 4.79 Å². The van der Waals surface area contributed by atoms with Gasteiger partial charge in [-0.1, -0.05) is 50.2 Å². The van der Waals surface area contributed by atoms with Gasteiger partial charge in [-0.2, -0.15) is 0 Å². The maximum Gasteiger partial charge on any atom is 0.237 e. The van der Waals surface area contributed by atoms with Gasteiger partial charge in [0.25, 0.3) is 0 Å². The average Bonchev–Trinajstić information content (AvgIpc) is 2.88. The van der Waals surface area contributed by atoms with Gasteiger partial charge in [-0.3, -0.25) is 4.79 Å². The second-order valence-corrected chi connectivity index (χ2v) is 8.31. The summed E-state index contributed by atoms with van der Waals surface area (Å²) in [6.07, 6.45) is 5.59. The Kier molecular flexibility index (Phi) is 6.35. The normalized spacial score (nSPS) is 16.4. The Morgan fingerprint density at radius 3 is 2.85 bits per heavy atom. The zero-order valence-corrected chi connectivity index (χ0v) is 16.7. The van der Waals surface area contributed by atoms with Crippen molar-refractivity contribution in [2.75, 3.05) is 5.32 Å². The molecule has 1 amide bonds. The van der Waals surface area contributed by atoms with E-state index in [1.54, 1.807) is 0 Å². The monoisotopic (exact) mass is 372 g/mol. The van der Waals surface area contributed by atoms with Gasteiger partial charge in [0, 0.05) is 18.7 Å². The average molecular weight is 373 g/mol. The molecule has 5 nitrogen and oxygen atoms in total. The maximum absolute atomic E-state index is 12.7. The quantitative estimate of drug-likeness (QED) is 0.751. The molecule has 0 bridgehead atoms. The summed E-state index contributed by atoms with van der Waals surface area (Å²) in [5.41, 5.74) is 2.11. The van der Waals surface area contributed by atoms with E-state index in [1.165, 1.54) is 30.2 Å². The summed E-state index contributed by atoms with van der Waals surface area (Å²) in [6.45, 7) is 7.24. The van der Waals surface area contributed by atoms with Crippen molar-refractivity contribution in [1.29, 1.82) is 0 Å². The van der Waals surface area contributed by atoms with Crippen LogP contribution in [0.3, 0.4) is 0 Å². The van der Waals surface area contributed by atoms with Crippen LogP contribution in [0.1, 0.15) is 63.8 Å². The number of thioether (sulfide) groups is 1. The highest BCUT2D eigenvalue weighted by Gasteiger charge is 2.22. The fourth-order valence-electron chi connectivity index (χ4n) is 3.25. The molecule has 0 saturated carbocycles. The van der Waals surface area contributed by atoms with Crippen molar-refractivity contribution in [2.45, 2.75) is 75.7 Å². The predicted octanol–water partition coefficient (Wildman–Crippen LogP) is 4.64. The molecule has 2 heterocycles. The molecular weight excluding hydrogens is 344 g/mol. The number of amides is 1. The first-order valence-electron chi connectivity index (χ1n) is 9.58. The minimum atomic E-state index is -0.225. The number of hydrogen-bond donors (Lipinski definition) is 1. The van der Waals surface area contributed by atoms with E-state index in [1.807, 2.05) is 25.1 Å². The number of carbonyl (C=O) groups is 1. The molecule has 1 aliphatic heterocycles. The Hall–Kier alpha value is -1.82. The molecule has 1 aliphatic rings. The molecular formula is C20H28N4OS. The first-order valence-corrected chi connectivity index (χ1v) is 10.5. The molecule has 0 unspecified atom stereocenters. The van der Waals surface area contributed by atoms with Crippen LogP contribution in [0.25, 0.3) is 0 Å². The second-order valence-electron chi connectivity index (χ2n) is 7.01. The third kappa shape index (κ3) is 4.29. The number of nitrogens with zero attached hydrogens (tertiary/aromatic N) is 3. The van der Waals surface area contributed by atoms with Crippen LogP contribution < -0.4 is 5.32 Å². The SMILES string of the molecule is CC[C@H](C)c1ccccc1NC(=O)[C@H](C)Sc1nnc2n1CCCCC2. The number of fused-ring (bicyclic) bond motifs is 1. The molecule has 0 saturated heterocycles. The Balaban J connectivity index is 1.69. The van der Waals surface area contributed by atoms with Crippen molar-refractivity contribution in [3.05, 3.63) is 35.7 Å². The Morgan fingerprint density at radius 1 is 1.23 bits per heavy atom. The lowest BCUT2D eigenvalue weighted by molar-refractivity contribution is -0.115. The molecule has 26 heavy (non-hydrogen) atoms. The zero-order chi connectivity index (χ0) is 18.5. The van der Waals surface area contributed by atoms with Gasteiger partial charge in [0.1, 0.15) is 5.82 Å². The van der Waals surface area contributed by atoms with E-state index >= 15 is 0 Å². The minimum Gasteiger partial charge on any atom is -0.325 e. The number of rotatable bonds is 6. The highest BCUT2D eigenvalue weighted by molar-refractivity contribution is 8.00. The molecule has 140 valence electrons. The van der Waals surface area contributed by atoms with E-state index in [0.717, 1.165) is 42.5 Å². The summed E-state index contributed by atoms with van der Waals surface area (Å²) in [7, 11) is 0. The lowest BCUT2D eigenvalue weighted by Crippen LogP contribution is -2.24. The topological polar surface area (TPSA) is 59.8 Å². The maximum atomic E-state index is 12.7. The van der Waals surface area contributed by atoms with Gasteiger partial charge in [0.2, 0.25) is 5.91 Å². The summed E-state index contributed by atoms with van der Waals surface area (Å²) in [6, 6.07) is 8.08. The minimum absolute atomic E-state index is 0.0109. The first kappa shape index (κ1) is 19.0. The van der Waals surface area contributed by atoms with Gasteiger partial charge in [-0.15, -0.1) is 10.2 Å². The van der Waals surface area contributed by atoms with Crippen LogP contribution in [0, 0.1) is 0 Å². The summed E-state index contributed by atoms with van der Waals surface area (Å²) in [5.74, 6) is 1.48. The van der Waals surface area contributed by atoms with Gasteiger partial charge in [0.05, 0.1) is 5.25 Å².